The summed E-state index contributed by atoms with van der Waals surface area (Å²) in [6, 6.07) is 9.05. The monoisotopic (exact) mass is 273 g/mol. The maximum absolute atomic E-state index is 10.3. The van der Waals surface area contributed by atoms with Gasteiger partial charge >= 0.3 is 0 Å². The fourth-order valence-electron chi connectivity index (χ4n) is 1.94. The summed E-state index contributed by atoms with van der Waals surface area (Å²) in [6.07, 6.45) is 0.876. The molecule has 0 saturated carbocycles. The zero-order chi connectivity index (χ0) is 14.5. The van der Waals surface area contributed by atoms with Crippen molar-refractivity contribution in [1.29, 1.82) is 0 Å². The van der Waals surface area contributed by atoms with Crippen LogP contribution >= 0.6 is 0 Å². The summed E-state index contributed by atoms with van der Waals surface area (Å²) in [4.78, 5) is 8.17. The first kappa shape index (κ1) is 14.3. The number of nitrogens with one attached hydrogen (secondary N) is 1. The first-order valence-corrected chi connectivity index (χ1v) is 6.47. The molecule has 0 spiro atoms. The van der Waals surface area contributed by atoms with E-state index in [9.17, 15) is 5.11 Å². The average Bonchev–Trinajstić information content (AvgIpc) is 2.46. The van der Waals surface area contributed by atoms with Crippen LogP contribution in [0.15, 0.2) is 36.7 Å². The number of methoxy groups -OCH3 is 1. The lowest BCUT2D eigenvalue weighted by Crippen LogP contribution is -2.24. The van der Waals surface area contributed by atoms with E-state index in [1.165, 1.54) is 6.33 Å². The summed E-state index contributed by atoms with van der Waals surface area (Å²) in [5, 5.41) is 13.5. The number of benzene rings is 1. The number of anilines is 1. The van der Waals surface area contributed by atoms with Gasteiger partial charge in [0.1, 0.15) is 17.9 Å². The van der Waals surface area contributed by atoms with E-state index in [0.29, 0.717) is 5.82 Å². The van der Waals surface area contributed by atoms with Crippen LogP contribution < -0.4 is 10.1 Å². The number of aliphatic hydroxyl groups is 1. The largest absolute Gasteiger partial charge is 0.497 e. The molecule has 0 saturated heterocycles. The molecule has 0 aliphatic rings. The highest BCUT2D eigenvalue weighted by atomic mass is 16.5. The SMILES string of the molecule is COc1ccc([C@@H](O)[C@@H](C)Nc2cc(C)ncn2)cc1. The van der Waals surface area contributed by atoms with Gasteiger partial charge in [0.25, 0.3) is 0 Å². The normalized spacial score (nSPS) is 13.6. The average molecular weight is 273 g/mol. The molecular weight excluding hydrogens is 254 g/mol. The topological polar surface area (TPSA) is 67.3 Å². The quantitative estimate of drug-likeness (QED) is 0.875. The van der Waals surface area contributed by atoms with E-state index in [2.05, 4.69) is 15.3 Å². The van der Waals surface area contributed by atoms with E-state index < -0.39 is 6.10 Å². The van der Waals surface area contributed by atoms with E-state index in [0.717, 1.165) is 17.0 Å². The van der Waals surface area contributed by atoms with Gasteiger partial charge in [-0.15, -0.1) is 0 Å². The fourth-order valence-corrected chi connectivity index (χ4v) is 1.94. The van der Waals surface area contributed by atoms with Crippen LogP contribution in [0, 0.1) is 6.92 Å². The maximum atomic E-state index is 10.3. The second-order valence-electron chi connectivity index (χ2n) is 4.70. The molecule has 0 amide bonds. The summed E-state index contributed by atoms with van der Waals surface area (Å²) in [7, 11) is 1.62. The van der Waals surface area contributed by atoms with Gasteiger partial charge in [0.2, 0.25) is 0 Å². The molecule has 5 heteroatoms. The van der Waals surface area contributed by atoms with Crippen LogP contribution in [-0.4, -0.2) is 28.2 Å². The molecule has 1 aromatic carbocycles. The van der Waals surface area contributed by atoms with Crippen LogP contribution in [0.4, 0.5) is 5.82 Å². The zero-order valence-electron chi connectivity index (χ0n) is 11.9. The van der Waals surface area contributed by atoms with Crippen LogP contribution in [0.2, 0.25) is 0 Å². The number of aryl methyl sites for hydroxylation is 1. The van der Waals surface area contributed by atoms with Gasteiger partial charge < -0.3 is 15.2 Å². The van der Waals surface area contributed by atoms with Gasteiger partial charge in [0.05, 0.1) is 19.3 Å². The fraction of sp³-hybridized carbons (Fsp3) is 0.333. The van der Waals surface area contributed by atoms with Crippen molar-refractivity contribution in [3.8, 4) is 5.75 Å². The number of rotatable bonds is 5. The Morgan fingerprint density at radius 2 is 1.90 bits per heavy atom. The van der Waals surface area contributed by atoms with Crippen molar-refractivity contribution < 1.29 is 9.84 Å². The first-order chi connectivity index (χ1) is 9.60. The van der Waals surface area contributed by atoms with Gasteiger partial charge in [-0.3, -0.25) is 0 Å². The Balaban J connectivity index is 2.05. The molecule has 0 fully saturated rings. The van der Waals surface area contributed by atoms with Gasteiger partial charge in [-0.05, 0) is 31.5 Å². The van der Waals surface area contributed by atoms with E-state index in [4.69, 9.17) is 4.74 Å². The molecule has 1 heterocycles. The molecule has 0 unspecified atom stereocenters. The number of hydrogen-bond acceptors (Lipinski definition) is 5. The number of hydrogen-bond donors (Lipinski definition) is 2. The lowest BCUT2D eigenvalue weighted by Gasteiger charge is -2.21. The molecule has 20 heavy (non-hydrogen) atoms. The minimum absolute atomic E-state index is 0.169. The van der Waals surface area contributed by atoms with Crippen LogP contribution in [0.3, 0.4) is 0 Å². The first-order valence-electron chi connectivity index (χ1n) is 6.47. The Labute approximate surface area is 118 Å². The van der Waals surface area contributed by atoms with Crippen LogP contribution in [-0.2, 0) is 0 Å². The lowest BCUT2D eigenvalue weighted by molar-refractivity contribution is 0.160. The van der Waals surface area contributed by atoms with Crippen LogP contribution in [0.25, 0.3) is 0 Å². The van der Waals surface area contributed by atoms with E-state index in [1.807, 2.05) is 44.2 Å². The second-order valence-corrected chi connectivity index (χ2v) is 4.70. The Kier molecular flexibility index (Phi) is 4.53. The molecule has 0 aliphatic carbocycles. The van der Waals surface area contributed by atoms with E-state index in [1.54, 1.807) is 7.11 Å². The number of aromatic nitrogens is 2. The highest BCUT2D eigenvalue weighted by Crippen LogP contribution is 2.22. The van der Waals surface area contributed by atoms with Gasteiger partial charge in [-0.25, -0.2) is 9.97 Å². The molecule has 5 nitrogen and oxygen atoms in total. The predicted octanol–water partition coefficient (Wildman–Crippen LogP) is 2.33. The summed E-state index contributed by atoms with van der Waals surface area (Å²) < 4.78 is 5.10. The van der Waals surface area contributed by atoms with Gasteiger partial charge in [0.15, 0.2) is 0 Å². The molecule has 2 aromatic rings. The third kappa shape index (κ3) is 3.45. The molecule has 2 N–H and O–H groups in total. The Hall–Kier alpha value is -2.14. The standard InChI is InChI=1S/C15H19N3O2/c1-10-8-14(17-9-16-10)18-11(2)15(19)12-4-6-13(20-3)7-5-12/h4-9,11,15,19H,1-3H3,(H,16,17,18)/t11-,15+/m1/s1. The van der Waals surface area contributed by atoms with E-state index >= 15 is 0 Å². The summed E-state index contributed by atoms with van der Waals surface area (Å²) >= 11 is 0. The van der Waals surface area contributed by atoms with Crippen molar-refractivity contribution in [2.75, 3.05) is 12.4 Å². The summed E-state index contributed by atoms with van der Waals surface area (Å²) in [6.45, 7) is 3.81. The Morgan fingerprint density at radius 1 is 1.20 bits per heavy atom. The third-order valence-electron chi connectivity index (χ3n) is 3.11. The van der Waals surface area contributed by atoms with Crippen molar-refractivity contribution in [3.63, 3.8) is 0 Å². The molecule has 0 radical (unpaired) electrons. The van der Waals surface area contributed by atoms with Crippen molar-refractivity contribution in [2.24, 2.45) is 0 Å². The van der Waals surface area contributed by atoms with Crippen molar-refractivity contribution >= 4 is 5.82 Å². The molecule has 106 valence electrons. The van der Waals surface area contributed by atoms with E-state index in [-0.39, 0.29) is 6.04 Å². The number of aliphatic hydroxyl groups excluding tert-OH is 1. The van der Waals surface area contributed by atoms with Crippen molar-refractivity contribution in [3.05, 3.63) is 47.9 Å². The Morgan fingerprint density at radius 3 is 2.50 bits per heavy atom. The smallest absolute Gasteiger partial charge is 0.129 e. The summed E-state index contributed by atoms with van der Waals surface area (Å²) in [5.74, 6) is 1.48. The highest BCUT2D eigenvalue weighted by molar-refractivity contribution is 5.37. The zero-order valence-corrected chi connectivity index (χ0v) is 11.9. The summed E-state index contributed by atoms with van der Waals surface area (Å²) in [5.41, 5.74) is 1.71. The van der Waals surface area contributed by atoms with Gasteiger partial charge in [0, 0.05) is 11.8 Å². The number of nitrogens with zero attached hydrogens (tertiary/aromatic N) is 2. The van der Waals surface area contributed by atoms with Gasteiger partial charge in [-0.2, -0.15) is 0 Å². The minimum atomic E-state index is -0.629. The highest BCUT2D eigenvalue weighted by Gasteiger charge is 2.16. The predicted molar refractivity (Wildman–Crippen MR) is 77.8 cm³/mol. The minimum Gasteiger partial charge on any atom is -0.497 e. The molecule has 1 aromatic heterocycles. The van der Waals surface area contributed by atoms with Crippen molar-refractivity contribution in [2.45, 2.75) is 26.0 Å². The lowest BCUT2D eigenvalue weighted by atomic mass is 10.0. The van der Waals surface area contributed by atoms with Crippen LogP contribution in [0.5, 0.6) is 5.75 Å². The van der Waals surface area contributed by atoms with Crippen LogP contribution in [0.1, 0.15) is 24.3 Å². The Bertz CT molecular complexity index is 557. The molecular formula is C15H19N3O2. The van der Waals surface area contributed by atoms with Gasteiger partial charge in [-0.1, -0.05) is 12.1 Å². The molecule has 2 atom stereocenters. The number of ether oxygens (including phenoxy) is 1. The third-order valence-corrected chi connectivity index (χ3v) is 3.11. The van der Waals surface area contributed by atoms with Crippen molar-refractivity contribution in [1.82, 2.24) is 9.97 Å². The maximum Gasteiger partial charge on any atom is 0.129 e. The second kappa shape index (κ2) is 6.34. The molecule has 0 bridgehead atoms. The molecule has 2 rings (SSSR count). The molecule has 0 aliphatic heterocycles.